The Bertz CT molecular complexity index is 819. The summed E-state index contributed by atoms with van der Waals surface area (Å²) in [5.74, 6) is 2.03. The van der Waals surface area contributed by atoms with Gasteiger partial charge in [0.25, 0.3) is 0 Å². The Morgan fingerprint density at radius 3 is 2.64 bits per heavy atom. The van der Waals surface area contributed by atoms with Crippen molar-refractivity contribution in [2.45, 2.75) is 97.2 Å². The molecule has 3 fully saturated rings. The molecule has 0 heterocycles. The predicted molar refractivity (Wildman–Crippen MR) is 133 cm³/mol. The Labute approximate surface area is 204 Å². The average molecular weight is 475 g/mol. The zero-order valence-corrected chi connectivity index (χ0v) is 21.8. The third-order valence-electron chi connectivity index (χ3n) is 9.81. The summed E-state index contributed by atoms with van der Waals surface area (Å²) < 4.78 is 5.73. The van der Waals surface area contributed by atoms with Crippen LogP contribution in [0.5, 0.6) is 0 Å². The van der Waals surface area contributed by atoms with Crippen LogP contribution in [0.1, 0.15) is 91.9 Å². The summed E-state index contributed by atoms with van der Waals surface area (Å²) in [7, 11) is 0. The lowest BCUT2D eigenvalue weighted by Crippen LogP contribution is -2.55. The molecule has 1 unspecified atom stereocenters. The molecular formula is C28H42O4S. The van der Waals surface area contributed by atoms with Crippen molar-refractivity contribution in [1.29, 1.82) is 0 Å². The molecule has 0 radical (unpaired) electrons. The number of ether oxygens (including phenoxy) is 1. The number of rotatable bonds is 8. The second-order valence-electron chi connectivity index (χ2n) is 11.5. The summed E-state index contributed by atoms with van der Waals surface area (Å²) in [6.45, 7) is 9.74. The van der Waals surface area contributed by atoms with Crippen molar-refractivity contribution in [3.8, 4) is 0 Å². The molecule has 3 saturated carbocycles. The highest BCUT2D eigenvalue weighted by Gasteiger charge is 2.62. The van der Waals surface area contributed by atoms with Gasteiger partial charge >= 0.3 is 0 Å². The topological polar surface area (TPSA) is 60.4 Å². The van der Waals surface area contributed by atoms with Crippen molar-refractivity contribution in [2.24, 2.45) is 34.5 Å². The van der Waals surface area contributed by atoms with Crippen molar-refractivity contribution in [3.63, 3.8) is 0 Å². The Hall–Kier alpha value is -0.940. The van der Waals surface area contributed by atoms with Crippen LogP contribution in [-0.2, 0) is 19.1 Å². The summed E-state index contributed by atoms with van der Waals surface area (Å²) in [5.41, 5.74) is 1.36. The molecule has 0 saturated heterocycles. The van der Waals surface area contributed by atoms with Crippen LogP contribution >= 0.6 is 11.8 Å². The van der Waals surface area contributed by atoms with E-state index in [4.69, 9.17) is 4.74 Å². The number of ketones is 2. The van der Waals surface area contributed by atoms with Crippen molar-refractivity contribution >= 4 is 28.4 Å². The molecular weight excluding hydrogens is 432 g/mol. The third-order valence-corrected chi connectivity index (χ3v) is 11.1. The zero-order chi connectivity index (χ0) is 23.8. The number of unbranched alkanes of at least 4 members (excludes halogenated alkanes) is 1. The van der Waals surface area contributed by atoms with Gasteiger partial charge in [-0.2, -0.15) is 0 Å². The predicted octanol–water partition coefficient (Wildman–Crippen LogP) is 6.17. The maximum absolute atomic E-state index is 13.2. The van der Waals surface area contributed by atoms with Gasteiger partial charge in [-0.1, -0.05) is 51.5 Å². The first-order chi connectivity index (χ1) is 15.7. The van der Waals surface area contributed by atoms with Crippen LogP contribution in [0.15, 0.2) is 11.6 Å². The summed E-state index contributed by atoms with van der Waals surface area (Å²) in [6, 6.07) is 0. The number of thioether (sulfide) groups is 1. The minimum atomic E-state index is 0.00248. The minimum absolute atomic E-state index is 0.00248. The molecule has 0 N–H and O–H groups in total. The first-order valence-electron chi connectivity index (χ1n) is 13.3. The summed E-state index contributed by atoms with van der Waals surface area (Å²) in [5, 5.41) is 0.485. The molecule has 0 bridgehead atoms. The molecule has 33 heavy (non-hydrogen) atoms. The lowest BCUT2D eigenvalue weighted by atomic mass is 9.46. The van der Waals surface area contributed by atoms with E-state index in [9.17, 15) is 14.4 Å². The fraction of sp³-hybridized carbons (Fsp3) is 0.821. The van der Waals surface area contributed by atoms with Gasteiger partial charge in [-0.25, -0.2) is 0 Å². The lowest BCUT2D eigenvalue weighted by Gasteiger charge is -2.60. The number of Topliss-reactive ketones (excluding diaryl/α,β-unsaturated/α-hetero) is 1. The molecule has 5 heteroatoms. The highest BCUT2D eigenvalue weighted by Crippen LogP contribution is 2.68. The van der Waals surface area contributed by atoms with E-state index in [-0.39, 0.29) is 45.3 Å². The van der Waals surface area contributed by atoms with Crippen LogP contribution in [0, 0.1) is 34.5 Å². The quantitative estimate of drug-likeness (QED) is 0.394. The van der Waals surface area contributed by atoms with Gasteiger partial charge in [0.05, 0.1) is 0 Å². The van der Waals surface area contributed by atoms with Crippen LogP contribution < -0.4 is 0 Å². The largest absolute Gasteiger partial charge is 0.374 e. The van der Waals surface area contributed by atoms with E-state index in [0.29, 0.717) is 37.2 Å². The van der Waals surface area contributed by atoms with E-state index in [1.54, 1.807) is 0 Å². The van der Waals surface area contributed by atoms with E-state index in [0.717, 1.165) is 51.4 Å². The van der Waals surface area contributed by atoms with Gasteiger partial charge in [0.1, 0.15) is 6.61 Å². The maximum Gasteiger partial charge on any atom is 0.188 e. The molecule has 7 atom stereocenters. The van der Waals surface area contributed by atoms with Crippen LogP contribution in [0.25, 0.3) is 0 Å². The van der Waals surface area contributed by atoms with E-state index in [1.165, 1.54) is 17.3 Å². The molecule has 0 spiro atoms. The van der Waals surface area contributed by atoms with Crippen LogP contribution in [0.2, 0.25) is 0 Å². The van der Waals surface area contributed by atoms with Gasteiger partial charge in [-0.3, -0.25) is 14.4 Å². The standard InChI is InChI=1S/C28H42O4S/c1-5-7-14-32-17-23(30)20-8-9-21-26-22(11-13-28(20,21)4)27(3)12-10-19(29)15-18(27)16-24(26)33-25(31)6-2/h15,20-22,24,26H,5-14,16-17H2,1-4H3/t20-,21+,22+,24?,26+,27+,28-/m1/s1. The maximum atomic E-state index is 13.2. The number of hydrogen-bond donors (Lipinski definition) is 0. The van der Waals surface area contributed by atoms with E-state index in [2.05, 4.69) is 20.8 Å². The number of hydrogen-bond acceptors (Lipinski definition) is 5. The molecule has 4 nitrogen and oxygen atoms in total. The van der Waals surface area contributed by atoms with Crippen molar-refractivity contribution in [1.82, 2.24) is 0 Å². The molecule has 0 aromatic rings. The van der Waals surface area contributed by atoms with Crippen LogP contribution in [0.3, 0.4) is 0 Å². The van der Waals surface area contributed by atoms with Crippen molar-refractivity contribution in [2.75, 3.05) is 13.2 Å². The van der Waals surface area contributed by atoms with Gasteiger partial charge in [-0.05, 0) is 79.6 Å². The minimum Gasteiger partial charge on any atom is -0.374 e. The smallest absolute Gasteiger partial charge is 0.188 e. The summed E-state index contributed by atoms with van der Waals surface area (Å²) in [6.07, 6.45) is 11.2. The SMILES string of the molecule is CCCCOCC(=O)[C@H]1CC[C@H]2[C@@H]3C(SC(=O)CC)CC4=CC(=O)CC[C@]4(C)[C@H]3CC[C@]12C. The fourth-order valence-electron chi connectivity index (χ4n) is 7.92. The van der Waals surface area contributed by atoms with Gasteiger partial charge < -0.3 is 4.74 Å². The van der Waals surface area contributed by atoms with E-state index >= 15 is 0 Å². The second-order valence-corrected chi connectivity index (χ2v) is 12.8. The third kappa shape index (κ3) is 4.53. The molecule has 4 rings (SSSR count). The normalized spacial score (nSPS) is 39.9. The van der Waals surface area contributed by atoms with Gasteiger partial charge in [-0.15, -0.1) is 0 Å². The molecule has 4 aliphatic rings. The number of carbonyl (C=O) groups is 3. The first kappa shape index (κ1) is 25.2. The molecule has 4 aliphatic carbocycles. The molecule has 0 aromatic heterocycles. The molecule has 184 valence electrons. The van der Waals surface area contributed by atoms with E-state index in [1.807, 2.05) is 13.0 Å². The van der Waals surface area contributed by atoms with Crippen LogP contribution in [-0.4, -0.2) is 35.1 Å². The highest BCUT2D eigenvalue weighted by molar-refractivity contribution is 8.14. The Morgan fingerprint density at radius 1 is 1.12 bits per heavy atom. The van der Waals surface area contributed by atoms with Crippen LogP contribution in [0.4, 0.5) is 0 Å². The number of carbonyl (C=O) groups excluding carboxylic acids is 3. The van der Waals surface area contributed by atoms with E-state index < -0.39 is 0 Å². The Balaban J connectivity index is 1.60. The number of allylic oxidation sites excluding steroid dienone is 1. The van der Waals surface area contributed by atoms with Crippen molar-refractivity contribution < 1.29 is 19.1 Å². The lowest BCUT2D eigenvalue weighted by molar-refractivity contribution is -0.135. The van der Waals surface area contributed by atoms with Gasteiger partial charge in [0, 0.05) is 30.6 Å². The Kier molecular flexibility index (Phi) is 7.60. The summed E-state index contributed by atoms with van der Waals surface area (Å²) in [4.78, 5) is 38.1. The molecule has 0 aromatic carbocycles. The molecule has 0 amide bonds. The average Bonchev–Trinajstić information content (AvgIpc) is 3.14. The zero-order valence-electron chi connectivity index (χ0n) is 21.0. The molecule has 0 aliphatic heterocycles. The first-order valence-corrected chi connectivity index (χ1v) is 14.2. The Morgan fingerprint density at radius 2 is 1.91 bits per heavy atom. The second kappa shape index (κ2) is 9.97. The monoisotopic (exact) mass is 474 g/mol. The van der Waals surface area contributed by atoms with Gasteiger partial charge in [0.2, 0.25) is 0 Å². The summed E-state index contributed by atoms with van der Waals surface area (Å²) >= 11 is 1.54. The van der Waals surface area contributed by atoms with Crippen molar-refractivity contribution in [3.05, 3.63) is 11.6 Å². The number of fused-ring (bicyclic) bond motifs is 5. The van der Waals surface area contributed by atoms with Gasteiger partial charge in [0.15, 0.2) is 16.7 Å². The highest BCUT2D eigenvalue weighted by atomic mass is 32.2. The fourth-order valence-corrected chi connectivity index (χ4v) is 9.22.